The van der Waals surface area contributed by atoms with Crippen molar-refractivity contribution < 1.29 is 14.9 Å². The molecule has 0 unspecified atom stereocenters. The molecule has 1 rings (SSSR count). The molecule has 0 heterocycles. The highest BCUT2D eigenvalue weighted by atomic mass is 16.5. The van der Waals surface area contributed by atoms with Crippen LogP contribution < -0.4 is 4.74 Å². The lowest BCUT2D eigenvalue weighted by Gasteiger charge is -2.09. The molecule has 1 aromatic rings. The summed E-state index contributed by atoms with van der Waals surface area (Å²) in [4.78, 5) is 0. The fraction of sp³-hybridized carbons (Fsp3) is 0.455. The fourth-order valence-electron chi connectivity index (χ4n) is 1.36. The van der Waals surface area contributed by atoms with Crippen LogP contribution in [-0.2, 0) is 13.0 Å². The molecular weight excluding hydrogens is 180 g/mol. The molecule has 0 aliphatic carbocycles. The van der Waals surface area contributed by atoms with Crippen LogP contribution in [0.5, 0.6) is 5.75 Å². The summed E-state index contributed by atoms with van der Waals surface area (Å²) in [7, 11) is 1.61. The zero-order chi connectivity index (χ0) is 10.4. The van der Waals surface area contributed by atoms with Crippen LogP contribution in [0.2, 0.25) is 0 Å². The summed E-state index contributed by atoms with van der Waals surface area (Å²) in [6, 6.07) is 5.63. The normalized spacial score (nSPS) is 10.2. The predicted molar refractivity (Wildman–Crippen MR) is 54.3 cm³/mol. The van der Waals surface area contributed by atoms with Gasteiger partial charge in [0.05, 0.1) is 13.7 Å². The molecule has 1 aromatic carbocycles. The molecule has 3 nitrogen and oxygen atoms in total. The Hall–Kier alpha value is -1.06. The summed E-state index contributed by atoms with van der Waals surface area (Å²) in [5.41, 5.74) is 1.91. The topological polar surface area (TPSA) is 49.7 Å². The number of methoxy groups -OCH3 is 1. The van der Waals surface area contributed by atoms with Crippen molar-refractivity contribution in [1.82, 2.24) is 0 Å². The molecule has 0 saturated carbocycles. The Morgan fingerprint density at radius 3 is 2.64 bits per heavy atom. The average molecular weight is 196 g/mol. The third kappa shape index (κ3) is 2.72. The second-order valence-electron chi connectivity index (χ2n) is 3.13. The summed E-state index contributed by atoms with van der Waals surface area (Å²) >= 11 is 0. The van der Waals surface area contributed by atoms with Crippen LogP contribution in [0.4, 0.5) is 0 Å². The van der Waals surface area contributed by atoms with Gasteiger partial charge in [-0.2, -0.15) is 0 Å². The highest BCUT2D eigenvalue weighted by molar-refractivity contribution is 5.37. The average Bonchev–Trinajstić information content (AvgIpc) is 2.26. The van der Waals surface area contributed by atoms with Crippen LogP contribution >= 0.6 is 0 Å². The quantitative estimate of drug-likeness (QED) is 0.741. The summed E-state index contributed by atoms with van der Waals surface area (Å²) < 4.78 is 5.19. The Balaban J connectivity index is 2.82. The van der Waals surface area contributed by atoms with E-state index < -0.39 is 0 Å². The number of benzene rings is 1. The minimum absolute atomic E-state index is 0.0244. The molecule has 0 bridgehead atoms. The van der Waals surface area contributed by atoms with Gasteiger partial charge < -0.3 is 14.9 Å². The second kappa shape index (κ2) is 5.62. The molecule has 0 amide bonds. The number of aliphatic hydroxyl groups is 2. The number of ether oxygens (including phenoxy) is 1. The van der Waals surface area contributed by atoms with Gasteiger partial charge in [0.15, 0.2) is 0 Å². The first-order valence-corrected chi connectivity index (χ1v) is 4.69. The van der Waals surface area contributed by atoms with Crippen LogP contribution in [0.15, 0.2) is 18.2 Å². The molecule has 0 aliphatic heterocycles. The van der Waals surface area contributed by atoms with Gasteiger partial charge in [0.2, 0.25) is 0 Å². The van der Waals surface area contributed by atoms with E-state index in [-0.39, 0.29) is 13.2 Å². The predicted octanol–water partition coefficient (Wildman–Crippen LogP) is 1.11. The highest BCUT2D eigenvalue weighted by Gasteiger charge is 2.03. The number of hydrogen-bond acceptors (Lipinski definition) is 3. The van der Waals surface area contributed by atoms with Gasteiger partial charge in [-0.15, -0.1) is 0 Å². The zero-order valence-electron chi connectivity index (χ0n) is 8.36. The number of aryl methyl sites for hydroxylation is 1. The summed E-state index contributed by atoms with van der Waals surface area (Å²) in [5, 5.41) is 17.6. The van der Waals surface area contributed by atoms with E-state index >= 15 is 0 Å². The molecular formula is C11H16O3. The Morgan fingerprint density at radius 2 is 2.07 bits per heavy atom. The zero-order valence-corrected chi connectivity index (χ0v) is 8.36. The molecule has 78 valence electrons. The Morgan fingerprint density at radius 1 is 1.29 bits per heavy atom. The SMILES string of the molecule is COc1cc(CO)ccc1CCCO. The molecule has 0 aromatic heterocycles. The molecule has 0 radical (unpaired) electrons. The van der Waals surface area contributed by atoms with Crippen LogP contribution in [0.25, 0.3) is 0 Å². The van der Waals surface area contributed by atoms with E-state index in [2.05, 4.69) is 0 Å². The van der Waals surface area contributed by atoms with E-state index in [1.807, 2.05) is 18.2 Å². The van der Waals surface area contributed by atoms with Crippen LogP contribution in [0.1, 0.15) is 17.5 Å². The van der Waals surface area contributed by atoms with Crippen molar-refractivity contribution in [1.29, 1.82) is 0 Å². The van der Waals surface area contributed by atoms with Crippen molar-refractivity contribution in [2.45, 2.75) is 19.4 Å². The number of hydrogen-bond donors (Lipinski definition) is 2. The highest BCUT2D eigenvalue weighted by Crippen LogP contribution is 2.21. The monoisotopic (exact) mass is 196 g/mol. The van der Waals surface area contributed by atoms with Crippen molar-refractivity contribution in [3.63, 3.8) is 0 Å². The number of rotatable bonds is 5. The molecule has 0 aliphatic rings. The molecule has 0 atom stereocenters. The molecule has 2 N–H and O–H groups in total. The van der Waals surface area contributed by atoms with Crippen molar-refractivity contribution in [2.75, 3.05) is 13.7 Å². The first-order valence-electron chi connectivity index (χ1n) is 4.69. The van der Waals surface area contributed by atoms with E-state index in [0.29, 0.717) is 0 Å². The molecule has 14 heavy (non-hydrogen) atoms. The molecule has 3 heteroatoms. The van der Waals surface area contributed by atoms with Crippen molar-refractivity contribution in [2.24, 2.45) is 0 Å². The van der Waals surface area contributed by atoms with Crippen molar-refractivity contribution in [3.05, 3.63) is 29.3 Å². The van der Waals surface area contributed by atoms with Gasteiger partial charge in [-0.05, 0) is 30.0 Å². The lowest BCUT2D eigenvalue weighted by Crippen LogP contribution is -1.96. The fourth-order valence-corrected chi connectivity index (χ4v) is 1.36. The lowest BCUT2D eigenvalue weighted by atomic mass is 10.1. The van der Waals surface area contributed by atoms with Crippen molar-refractivity contribution in [3.8, 4) is 5.75 Å². The van der Waals surface area contributed by atoms with Gasteiger partial charge in [0.1, 0.15) is 5.75 Å². The molecule has 0 saturated heterocycles. The van der Waals surface area contributed by atoms with E-state index in [9.17, 15) is 0 Å². The first kappa shape index (κ1) is 11.0. The third-order valence-electron chi connectivity index (χ3n) is 2.14. The number of aliphatic hydroxyl groups excluding tert-OH is 2. The Kier molecular flexibility index (Phi) is 4.43. The van der Waals surface area contributed by atoms with Crippen LogP contribution in [-0.4, -0.2) is 23.9 Å². The summed E-state index contributed by atoms with van der Waals surface area (Å²) in [6.45, 7) is 0.210. The van der Waals surface area contributed by atoms with E-state index in [4.69, 9.17) is 14.9 Å². The minimum atomic E-state index is 0.0244. The maximum Gasteiger partial charge on any atom is 0.122 e. The van der Waals surface area contributed by atoms with Gasteiger partial charge in [-0.25, -0.2) is 0 Å². The van der Waals surface area contributed by atoms with Crippen LogP contribution in [0.3, 0.4) is 0 Å². The van der Waals surface area contributed by atoms with Gasteiger partial charge >= 0.3 is 0 Å². The van der Waals surface area contributed by atoms with Gasteiger partial charge in [-0.1, -0.05) is 12.1 Å². The summed E-state index contributed by atoms with van der Waals surface area (Å²) in [6.07, 6.45) is 1.53. The maximum atomic E-state index is 8.93. The Labute approximate surface area is 84.0 Å². The van der Waals surface area contributed by atoms with Gasteiger partial charge in [-0.3, -0.25) is 0 Å². The minimum Gasteiger partial charge on any atom is -0.496 e. The maximum absolute atomic E-state index is 8.93. The van der Waals surface area contributed by atoms with Crippen molar-refractivity contribution >= 4 is 0 Å². The van der Waals surface area contributed by atoms with E-state index in [0.717, 1.165) is 29.7 Å². The van der Waals surface area contributed by atoms with Crippen LogP contribution in [0, 0.1) is 0 Å². The Bertz CT molecular complexity index is 284. The molecule has 0 spiro atoms. The second-order valence-corrected chi connectivity index (χ2v) is 3.13. The lowest BCUT2D eigenvalue weighted by molar-refractivity contribution is 0.280. The largest absolute Gasteiger partial charge is 0.496 e. The molecule has 0 fully saturated rings. The third-order valence-corrected chi connectivity index (χ3v) is 2.14. The van der Waals surface area contributed by atoms with E-state index in [1.165, 1.54) is 0 Å². The van der Waals surface area contributed by atoms with E-state index in [1.54, 1.807) is 7.11 Å². The first-order chi connectivity index (χ1) is 6.81. The smallest absolute Gasteiger partial charge is 0.122 e. The van der Waals surface area contributed by atoms with Gasteiger partial charge in [0, 0.05) is 6.61 Å². The van der Waals surface area contributed by atoms with Gasteiger partial charge in [0.25, 0.3) is 0 Å². The standard InChI is InChI=1S/C11H16O3/c1-14-11-7-9(8-13)4-5-10(11)3-2-6-12/h4-5,7,12-13H,2-3,6,8H2,1H3. The summed E-state index contributed by atoms with van der Waals surface area (Å²) in [5.74, 6) is 0.782.